The molecule has 0 heterocycles. The second-order valence-electron chi connectivity index (χ2n) is 5.31. The van der Waals surface area contributed by atoms with Gasteiger partial charge in [-0.15, -0.1) is 6.58 Å². The quantitative estimate of drug-likeness (QED) is 0.826. The zero-order valence-electron chi connectivity index (χ0n) is 12.7. The van der Waals surface area contributed by atoms with Crippen molar-refractivity contribution < 1.29 is 4.79 Å². The summed E-state index contributed by atoms with van der Waals surface area (Å²) in [5.74, 6) is 0.0261. The van der Waals surface area contributed by atoms with E-state index in [0.717, 1.165) is 6.54 Å². The van der Waals surface area contributed by atoms with Crippen molar-refractivity contribution >= 4 is 16.7 Å². The van der Waals surface area contributed by atoms with Crippen LogP contribution in [-0.2, 0) is 11.3 Å². The van der Waals surface area contributed by atoms with E-state index in [1.807, 2.05) is 31.0 Å². The van der Waals surface area contributed by atoms with Crippen LogP contribution in [0.4, 0.5) is 0 Å². The molecule has 0 radical (unpaired) electrons. The topological polar surface area (TPSA) is 32.3 Å². The van der Waals surface area contributed by atoms with Gasteiger partial charge in [-0.2, -0.15) is 0 Å². The molecule has 1 amide bonds. The molecule has 2 aromatic rings. The summed E-state index contributed by atoms with van der Waals surface area (Å²) in [4.78, 5) is 14.0. The Hall–Kier alpha value is -2.13. The number of carbonyl (C=O) groups is 1. The molecule has 0 fully saturated rings. The van der Waals surface area contributed by atoms with Gasteiger partial charge in [0.2, 0.25) is 5.91 Å². The summed E-state index contributed by atoms with van der Waals surface area (Å²) in [6, 6.07) is 14.6. The molecule has 0 saturated carbocycles. The van der Waals surface area contributed by atoms with Crippen LogP contribution in [0, 0.1) is 0 Å². The summed E-state index contributed by atoms with van der Waals surface area (Å²) in [6.45, 7) is 6.77. The minimum Gasteiger partial charge on any atom is -0.351 e. The standard InChI is InChI=1S/C18H22N2O/c1-4-11-19-18(21)14(2)20(3)13-15-9-10-16-7-5-6-8-17(16)12-15/h4-10,12,14H,1,11,13H2,2-3H3,(H,19,21). The Morgan fingerprint density at radius 3 is 2.71 bits per heavy atom. The van der Waals surface area contributed by atoms with Crippen LogP contribution in [0.5, 0.6) is 0 Å². The zero-order chi connectivity index (χ0) is 15.2. The number of likely N-dealkylation sites (N-methyl/N-ethyl adjacent to an activating group) is 1. The molecule has 2 aromatic carbocycles. The van der Waals surface area contributed by atoms with Crippen LogP contribution in [0.1, 0.15) is 12.5 Å². The van der Waals surface area contributed by atoms with Crippen molar-refractivity contribution in [3.8, 4) is 0 Å². The molecular formula is C18H22N2O. The lowest BCUT2D eigenvalue weighted by atomic mass is 10.1. The maximum Gasteiger partial charge on any atom is 0.237 e. The van der Waals surface area contributed by atoms with E-state index in [4.69, 9.17) is 0 Å². The Morgan fingerprint density at radius 2 is 2.00 bits per heavy atom. The molecule has 3 nitrogen and oxygen atoms in total. The summed E-state index contributed by atoms with van der Waals surface area (Å²) < 4.78 is 0. The fourth-order valence-corrected chi connectivity index (χ4v) is 2.28. The van der Waals surface area contributed by atoms with E-state index in [1.165, 1.54) is 16.3 Å². The molecule has 0 bridgehead atoms. The number of hydrogen-bond acceptors (Lipinski definition) is 2. The molecule has 110 valence electrons. The first-order valence-corrected chi connectivity index (χ1v) is 7.18. The molecule has 0 aliphatic heterocycles. The van der Waals surface area contributed by atoms with Gasteiger partial charge in [-0.05, 0) is 36.4 Å². The van der Waals surface area contributed by atoms with Gasteiger partial charge in [0, 0.05) is 13.1 Å². The molecule has 1 atom stereocenters. The predicted octanol–water partition coefficient (Wildman–Crippen LogP) is 2.96. The van der Waals surface area contributed by atoms with Crippen LogP contribution in [-0.4, -0.2) is 30.4 Å². The van der Waals surface area contributed by atoms with Crippen LogP contribution in [0.2, 0.25) is 0 Å². The number of rotatable bonds is 6. The third-order valence-corrected chi connectivity index (χ3v) is 3.71. The molecule has 1 unspecified atom stereocenters. The Kier molecular flexibility index (Phi) is 5.12. The van der Waals surface area contributed by atoms with Gasteiger partial charge in [-0.25, -0.2) is 0 Å². The maximum atomic E-state index is 11.9. The Labute approximate surface area is 126 Å². The van der Waals surface area contributed by atoms with Crippen LogP contribution in [0.25, 0.3) is 10.8 Å². The molecule has 0 spiro atoms. The highest BCUT2D eigenvalue weighted by molar-refractivity contribution is 5.83. The first-order valence-electron chi connectivity index (χ1n) is 7.18. The van der Waals surface area contributed by atoms with Crippen molar-refractivity contribution in [3.05, 3.63) is 60.7 Å². The Morgan fingerprint density at radius 1 is 1.29 bits per heavy atom. The highest BCUT2D eigenvalue weighted by Crippen LogP contribution is 2.17. The van der Waals surface area contributed by atoms with Gasteiger partial charge in [0.25, 0.3) is 0 Å². The molecule has 3 heteroatoms. The minimum absolute atomic E-state index is 0.0261. The SMILES string of the molecule is C=CCNC(=O)C(C)N(C)Cc1ccc2ccccc2c1. The Bertz CT molecular complexity index is 636. The first kappa shape index (κ1) is 15.3. The van der Waals surface area contributed by atoms with Crippen LogP contribution in [0.3, 0.4) is 0 Å². The smallest absolute Gasteiger partial charge is 0.237 e. The normalized spacial score (nSPS) is 12.3. The molecule has 1 N–H and O–H groups in total. The molecule has 0 aliphatic rings. The largest absolute Gasteiger partial charge is 0.351 e. The average molecular weight is 282 g/mol. The van der Waals surface area contributed by atoms with Gasteiger partial charge >= 0.3 is 0 Å². The molecule has 0 aliphatic carbocycles. The third-order valence-electron chi connectivity index (χ3n) is 3.71. The van der Waals surface area contributed by atoms with Gasteiger partial charge in [-0.1, -0.05) is 42.5 Å². The third kappa shape index (κ3) is 3.92. The predicted molar refractivity (Wildman–Crippen MR) is 88.1 cm³/mol. The highest BCUT2D eigenvalue weighted by atomic mass is 16.2. The van der Waals surface area contributed by atoms with Crippen LogP contribution in [0.15, 0.2) is 55.1 Å². The monoisotopic (exact) mass is 282 g/mol. The number of nitrogens with zero attached hydrogens (tertiary/aromatic N) is 1. The van der Waals surface area contributed by atoms with Gasteiger partial charge in [0.15, 0.2) is 0 Å². The van der Waals surface area contributed by atoms with Crippen molar-refractivity contribution in [1.29, 1.82) is 0 Å². The van der Waals surface area contributed by atoms with Crippen molar-refractivity contribution in [2.24, 2.45) is 0 Å². The van der Waals surface area contributed by atoms with Gasteiger partial charge < -0.3 is 5.32 Å². The van der Waals surface area contributed by atoms with Crippen LogP contribution >= 0.6 is 0 Å². The van der Waals surface area contributed by atoms with Gasteiger partial charge in [-0.3, -0.25) is 9.69 Å². The van der Waals surface area contributed by atoms with E-state index in [1.54, 1.807) is 6.08 Å². The summed E-state index contributed by atoms with van der Waals surface area (Å²) in [5, 5.41) is 5.30. The maximum absolute atomic E-state index is 11.9. The lowest BCUT2D eigenvalue weighted by Gasteiger charge is -2.23. The molecular weight excluding hydrogens is 260 g/mol. The second kappa shape index (κ2) is 7.04. The van der Waals surface area contributed by atoms with E-state index in [0.29, 0.717) is 6.54 Å². The van der Waals surface area contributed by atoms with E-state index in [9.17, 15) is 4.79 Å². The summed E-state index contributed by atoms with van der Waals surface area (Å²) in [5.41, 5.74) is 1.21. The summed E-state index contributed by atoms with van der Waals surface area (Å²) in [7, 11) is 1.97. The molecule has 21 heavy (non-hydrogen) atoms. The average Bonchev–Trinajstić information content (AvgIpc) is 2.51. The molecule has 0 aromatic heterocycles. The first-order chi connectivity index (χ1) is 10.1. The number of nitrogens with one attached hydrogen (secondary N) is 1. The minimum atomic E-state index is -0.170. The molecule has 0 saturated heterocycles. The van der Waals surface area contributed by atoms with Gasteiger partial charge in [0.05, 0.1) is 6.04 Å². The van der Waals surface area contributed by atoms with Gasteiger partial charge in [0.1, 0.15) is 0 Å². The lowest BCUT2D eigenvalue weighted by Crippen LogP contribution is -2.42. The highest BCUT2D eigenvalue weighted by Gasteiger charge is 2.17. The van der Waals surface area contributed by atoms with Crippen molar-refractivity contribution in [1.82, 2.24) is 10.2 Å². The van der Waals surface area contributed by atoms with Crippen molar-refractivity contribution in [2.75, 3.05) is 13.6 Å². The van der Waals surface area contributed by atoms with E-state index < -0.39 is 0 Å². The van der Waals surface area contributed by atoms with E-state index >= 15 is 0 Å². The zero-order valence-corrected chi connectivity index (χ0v) is 12.7. The van der Waals surface area contributed by atoms with E-state index in [-0.39, 0.29) is 11.9 Å². The lowest BCUT2D eigenvalue weighted by molar-refractivity contribution is -0.125. The number of fused-ring (bicyclic) bond motifs is 1. The van der Waals surface area contributed by atoms with E-state index in [2.05, 4.69) is 42.2 Å². The molecule has 2 rings (SSSR count). The number of hydrogen-bond donors (Lipinski definition) is 1. The fraction of sp³-hybridized carbons (Fsp3) is 0.278. The Balaban J connectivity index is 2.04. The van der Waals surface area contributed by atoms with Crippen molar-refractivity contribution in [2.45, 2.75) is 19.5 Å². The number of carbonyl (C=O) groups excluding carboxylic acids is 1. The summed E-state index contributed by atoms with van der Waals surface area (Å²) in [6.07, 6.45) is 1.69. The van der Waals surface area contributed by atoms with Crippen molar-refractivity contribution in [3.63, 3.8) is 0 Å². The number of benzene rings is 2. The van der Waals surface area contributed by atoms with Crippen LogP contribution < -0.4 is 5.32 Å². The number of amides is 1. The summed E-state index contributed by atoms with van der Waals surface area (Å²) >= 11 is 0. The fourth-order valence-electron chi connectivity index (χ4n) is 2.28. The second-order valence-corrected chi connectivity index (χ2v) is 5.31.